The molecule has 0 spiro atoms. The fourth-order valence-corrected chi connectivity index (χ4v) is 9.71. The van der Waals surface area contributed by atoms with Crippen molar-refractivity contribution in [2.24, 2.45) is 5.92 Å². The topological polar surface area (TPSA) is 256 Å². The van der Waals surface area contributed by atoms with Crippen LogP contribution in [0.2, 0.25) is 0 Å². The molecule has 6 aromatic rings. The van der Waals surface area contributed by atoms with Gasteiger partial charge in [-0.3, -0.25) is 48.2 Å². The average Bonchev–Trinajstić information content (AvgIpc) is 4.07. The Morgan fingerprint density at radius 1 is 0.829 bits per heavy atom. The Morgan fingerprint density at radius 3 is 2.01 bits per heavy atom. The van der Waals surface area contributed by atoms with Gasteiger partial charge in [0.05, 0.1) is 39.9 Å². The van der Waals surface area contributed by atoms with E-state index in [0.29, 0.717) is 11.5 Å². The minimum atomic E-state index is -4.10. The van der Waals surface area contributed by atoms with E-state index in [2.05, 4.69) is 25.3 Å². The number of aryl methyl sites for hydroxylation is 1. The molecule has 22 heteroatoms. The van der Waals surface area contributed by atoms with E-state index in [1.165, 1.54) is 42.2 Å². The second kappa shape index (κ2) is 20.7. The number of fused-ring (bicyclic) bond motifs is 1. The van der Waals surface area contributed by atoms with E-state index < -0.39 is 85.4 Å². The van der Waals surface area contributed by atoms with Crippen LogP contribution in [-0.2, 0) is 47.8 Å². The molecule has 2 saturated heterocycles. The molecule has 370 valence electrons. The van der Waals surface area contributed by atoms with Crippen LogP contribution in [0.25, 0.3) is 11.2 Å². The van der Waals surface area contributed by atoms with E-state index in [1.807, 2.05) is 78.9 Å². The van der Waals surface area contributed by atoms with Crippen LogP contribution in [0, 0.1) is 12.8 Å². The molecular formula is C48H54N7O14P. The lowest BCUT2D eigenvalue weighted by Crippen LogP contribution is -2.38. The summed E-state index contributed by atoms with van der Waals surface area (Å²) < 4.78 is 66.4. The van der Waals surface area contributed by atoms with Crippen molar-refractivity contribution in [3.63, 3.8) is 0 Å². The zero-order valence-corrected chi connectivity index (χ0v) is 40.4. The van der Waals surface area contributed by atoms with Crippen LogP contribution in [0.3, 0.4) is 0 Å². The molecular weight excluding hydrogens is 930 g/mol. The Bertz CT molecular complexity index is 3020. The number of nitrogens with one attached hydrogen (secondary N) is 3. The molecule has 3 aromatic carbocycles. The van der Waals surface area contributed by atoms with Crippen molar-refractivity contribution in [1.29, 1.82) is 0 Å². The highest BCUT2D eigenvalue weighted by Crippen LogP contribution is 2.51. The summed E-state index contributed by atoms with van der Waals surface area (Å²) in [6.07, 6.45) is -3.08. The van der Waals surface area contributed by atoms with E-state index in [0.717, 1.165) is 16.7 Å². The number of aromatic amines is 2. The Labute approximate surface area is 400 Å². The van der Waals surface area contributed by atoms with Gasteiger partial charge in [-0.05, 0) is 47.9 Å². The summed E-state index contributed by atoms with van der Waals surface area (Å²) in [6, 6.07) is 24.5. The SMILES string of the molecule is COc1ccc(C(OC[C@H]2O[C@@H](n3cnc4c(=O)[nH]c(NC(=O)C(C)C)nc43)C[C@@H]2OP(C)(=O)OC[C@H]2O[C@@H](n3cc(C)c(=O)[nH]c3=O)C[C@@H]2OC(C)=O)(c2ccccc2)c2ccc(OC)cc2)cc1. The zero-order valence-electron chi connectivity index (χ0n) is 39.5. The summed E-state index contributed by atoms with van der Waals surface area (Å²) in [6.45, 7) is 6.86. The molecule has 70 heavy (non-hydrogen) atoms. The molecule has 3 aromatic heterocycles. The summed E-state index contributed by atoms with van der Waals surface area (Å²) in [7, 11) is -0.943. The number of methoxy groups -OCH3 is 2. The molecule has 1 amide bonds. The predicted molar refractivity (Wildman–Crippen MR) is 253 cm³/mol. The molecule has 0 saturated carbocycles. The second-order valence-corrected chi connectivity index (χ2v) is 19.3. The molecule has 2 aliphatic rings. The fourth-order valence-electron chi connectivity index (χ4n) is 8.51. The molecule has 0 bridgehead atoms. The largest absolute Gasteiger partial charge is 0.497 e. The monoisotopic (exact) mass is 983 g/mol. The van der Waals surface area contributed by atoms with Crippen LogP contribution in [0.1, 0.15) is 68.3 Å². The number of aromatic nitrogens is 6. The summed E-state index contributed by atoms with van der Waals surface area (Å²) >= 11 is 0. The van der Waals surface area contributed by atoms with Crippen molar-refractivity contribution in [3.8, 4) is 11.5 Å². The van der Waals surface area contributed by atoms with Gasteiger partial charge in [-0.25, -0.2) is 9.78 Å². The van der Waals surface area contributed by atoms with Crippen LogP contribution in [0.5, 0.6) is 11.5 Å². The summed E-state index contributed by atoms with van der Waals surface area (Å²) in [5.41, 5.74) is -0.620. The molecule has 21 nitrogen and oxygen atoms in total. The second-order valence-electron chi connectivity index (χ2n) is 17.3. The number of rotatable bonds is 18. The number of nitrogens with zero attached hydrogens (tertiary/aromatic N) is 4. The van der Waals surface area contributed by atoms with Gasteiger partial charge >= 0.3 is 19.3 Å². The smallest absolute Gasteiger partial charge is 0.330 e. The zero-order chi connectivity index (χ0) is 49.9. The number of hydrogen-bond donors (Lipinski definition) is 3. The van der Waals surface area contributed by atoms with Gasteiger partial charge in [-0.1, -0.05) is 68.4 Å². The molecule has 0 radical (unpaired) electrons. The molecule has 3 N–H and O–H groups in total. The standard InChI is InChI=1S/C48H54N7O14P/c1-27(2)43(57)51-46-50-42-41(45(59)52-46)49-26-55(42)40-22-36(69-70(7,61)65-25-38-35(66-29(4)56)21-39(68-38)54-23-28(3)44(58)53-47(54)60)37(67-40)24-64-48(30-11-9-8-10-12-30,31-13-17-33(62-5)18-14-31)32-15-19-34(63-6)20-16-32/h8-20,23,26-27,35-40H,21-22,24-25H2,1-7H3,(H,53,58,60)(H2,50,51,52,57,59)/t35-,36-,37+,38+,39+,40+,70?/m0/s1. The first-order valence-electron chi connectivity index (χ1n) is 22.5. The molecule has 1 unspecified atom stereocenters. The van der Waals surface area contributed by atoms with Crippen LogP contribution < -0.4 is 31.6 Å². The number of benzene rings is 3. The van der Waals surface area contributed by atoms with E-state index in [4.69, 9.17) is 37.5 Å². The van der Waals surface area contributed by atoms with Crippen molar-refractivity contribution in [3.05, 3.63) is 145 Å². The molecule has 8 rings (SSSR count). The maximum Gasteiger partial charge on any atom is 0.330 e. The summed E-state index contributed by atoms with van der Waals surface area (Å²) in [4.78, 5) is 76.7. The van der Waals surface area contributed by atoms with Crippen molar-refractivity contribution in [1.82, 2.24) is 29.1 Å². The normalized spacial score (nSPS) is 21.1. The Kier molecular flexibility index (Phi) is 14.7. The number of ether oxygens (including phenoxy) is 6. The van der Waals surface area contributed by atoms with Crippen LogP contribution >= 0.6 is 7.60 Å². The minimum absolute atomic E-state index is 0.0127. The number of carbonyl (C=O) groups excluding carboxylic acids is 2. The van der Waals surface area contributed by atoms with Gasteiger partial charge in [-0.2, -0.15) is 4.98 Å². The summed E-state index contributed by atoms with van der Waals surface area (Å²) in [5, 5.41) is 2.63. The number of imidazole rings is 1. The average molecular weight is 984 g/mol. The molecule has 2 aliphatic heterocycles. The third-order valence-electron chi connectivity index (χ3n) is 12.1. The van der Waals surface area contributed by atoms with Crippen molar-refractivity contribution in [2.45, 2.75) is 83.0 Å². The van der Waals surface area contributed by atoms with Crippen molar-refractivity contribution >= 4 is 36.6 Å². The third kappa shape index (κ3) is 10.5. The highest BCUT2D eigenvalue weighted by Gasteiger charge is 2.46. The van der Waals surface area contributed by atoms with E-state index in [9.17, 15) is 28.5 Å². The van der Waals surface area contributed by atoms with Crippen LogP contribution in [-0.4, -0.2) is 99.5 Å². The number of H-pyrrole nitrogens is 2. The van der Waals surface area contributed by atoms with Gasteiger partial charge in [0, 0.05) is 44.1 Å². The lowest BCUT2D eigenvalue weighted by molar-refractivity contribution is -0.150. The maximum atomic E-state index is 14.6. The highest BCUT2D eigenvalue weighted by molar-refractivity contribution is 7.53. The van der Waals surface area contributed by atoms with Gasteiger partial charge in [0.25, 0.3) is 11.1 Å². The van der Waals surface area contributed by atoms with Crippen molar-refractivity contribution < 1.29 is 51.6 Å². The first-order valence-corrected chi connectivity index (χ1v) is 24.4. The molecule has 0 aliphatic carbocycles. The van der Waals surface area contributed by atoms with Gasteiger partial charge in [0.1, 0.15) is 47.9 Å². The van der Waals surface area contributed by atoms with E-state index in [-0.39, 0.29) is 48.0 Å². The van der Waals surface area contributed by atoms with Gasteiger partial charge in [0.15, 0.2) is 11.2 Å². The van der Waals surface area contributed by atoms with Gasteiger partial charge < -0.3 is 37.5 Å². The minimum Gasteiger partial charge on any atom is -0.497 e. The predicted octanol–water partition coefficient (Wildman–Crippen LogP) is 5.33. The quantitative estimate of drug-likeness (QED) is 0.0559. The summed E-state index contributed by atoms with van der Waals surface area (Å²) in [5.74, 6) is -0.244. The van der Waals surface area contributed by atoms with E-state index in [1.54, 1.807) is 28.1 Å². The number of hydrogen-bond acceptors (Lipinski definition) is 16. The van der Waals surface area contributed by atoms with Crippen LogP contribution in [0.4, 0.5) is 5.95 Å². The first-order chi connectivity index (χ1) is 33.5. The Morgan fingerprint density at radius 2 is 1.41 bits per heavy atom. The molecule has 2 fully saturated rings. The van der Waals surface area contributed by atoms with Crippen molar-refractivity contribution in [2.75, 3.05) is 39.4 Å². The van der Waals surface area contributed by atoms with Crippen LogP contribution in [0.15, 0.2) is 106 Å². The third-order valence-corrected chi connectivity index (χ3v) is 13.4. The number of carbonyl (C=O) groups is 2. The Hall–Kier alpha value is -6.74. The van der Waals surface area contributed by atoms with E-state index >= 15 is 0 Å². The fraction of sp³-hybridized carbons (Fsp3) is 0.396. The molecule has 5 heterocycles. The lowest BCUT2D eigenvalue weighted by Gasteiger charge is -2.37. The maximum absolute atomic E-state index is 14.6. The van der Waals surface area contributed by atoms with Gasteiger partial charge in [-0.15, -0.1) is 0 Å². The number of esters is 1. The molecule has 7 atom stereocenters. The number of anilines is 1. The first kappa shape index (κ1) is 49.7. The lowest BCUT2D eigenvalue weighted by atomic mass is 9.80. The number of amides is 1. The Balaban J connectivity index is 1.13. The van der Waals surface area contributed by atoms with Gasteiger partial charge in [0.2, 0.25) is 11.9 Å². The highest BCUT2D eigenvalue weighted by atomic mass is 31.2.